The predicted octanol–water partition coefficient (Wildman–Crippen LogP) is 1.89. The number of hydrogen-bond donors (Lipinski definition) is 2. The van der Waals surface area contributed by atoms with Crippen molar-refractivity contribution >= 4 is 23.6 Å². The first kappa shape index (κ1) is 14.4. The van der Waals surface area contributed by atoms with Gasteiger partial charge in [-0.2, -0.15) is 0 Å². The largest absolute Gasteiger partial charge is 0.480 e. The molecule has 2 atom stereocenters. The third-order valence-corrected chi connectivity index (χ3v) is 4.25. The van der Waals surface area contributed by atoms with Crippen LogP contribution < -0.4 is 5.32 Å². The van der Waals surface area contributed by atoms with Crippen molar-refractivity contribution in [2.45, 2.75) is 51.3 Å². The lowest BCUT2D eigenvalue weighted by Crippen LogP contribution is -2.51. The molecule has 0 aromatic carbocycles. The second kappa shape index (κ2) is 5.76. The number of carboxylic acid groups (broad SMARTS) is 1. The molecule has 0 aromatic rings. The Morgan fingerprint density at radius 2 is 2.00 bits per heavy atom. The normalized spacial score (nSPS) is 22.9. The summed E-state index contributed by atoms with van der Waals surface area (Å²) in [6.45, 7) is 5.46. The molecule has 2 N–H and O–H groups in total. The average molecular weight is 259 g/mol. The van der Waals surface area contributed by atoms with Crippen LogP contribution in [-0.4, -0.2) is 34.0 Å². The van der Waals surface area contributed by atoms with E-state index in [0.717, 1.165) is 25.0 Å². The number of thioether (sulfide) groups is 1. The molecule has 17 heavy (non-hydrogen) atoms. The smallest absolute Gasteiger partial charge is 0.326 e. The molecule has 1 aliphatic heterocycles. The van der Waals surface area contributed by atoms with Crippen LogP contribution in [0, 0.1) is 5.41 Å². The van der Waals surface area contributed by atoms with Crippen molar-refractivity contribution in [1.29, 1.82) is 0 Å². The molecule has 5 heteroatoms. The Bertz CT molecular complexity index is 293. The van der Waals surface area contributed by atoms with Crippen molar-refractivity contribution in [3.63, 3.8) is 0 Å². The fraction of sp³-hybridized carbons (Fsp3) is 0.833. The van der Waals surface area contributed by atoms with Gasteiger partial charge in [0.25, 0.3) is 0 Å². The van der Waals surface area contributed by atoms with Gasteiger partial charge in [0.05, 0.1) is 5.25 Å². The van der Waals surface area contributed by atoms with E-state index < -0.39 is 17.4 Å². The van der Waals surface area contributed by atoms with Crippen LogP contribution in [0.3, 0.4) is 0 Å². The van der Waals surface area contributed by atoms with Gasteiger partial charge in [0, 0.05) is 0 Å². The highest BCUT2D eigenvalue weighted by atomic mass is 32.2. The lowest BCUT2D eigenvalue weighted by Gasteiger charge is -2.30. The number of carbonyl (C=O) groups excluding carboxylic acids is 1. The van der Waals surface area contributed by atoms with Gasteiger partial charge in [-0.1, -0.05) is 27.2 Å². The fourth-order valence-corrected chi connectivity index (χ4v) is 3.04. The number of rotatable bonds is 3. The Labute approximate surface area is 107 Å². The lowest BCUT2D eigenvalue weighted by molar-refractivity contribution is -0.144. The topological polar surface area (TPSA) is 66.4 Å². The summed E-state index contributed by atoms with van der Waals surface area (Å²) >= 11 is 1.63. The first-order valence-corrected chi connectivity index (χ1v) is 7.02. The van der Waals surface area contributed by atoms with Crippen molar-refractivity contribution in [2.24, 2.45) is 5.41 Å². The highest BCUT2D eigenvalue weighted by molar-refractivity contribution is 8.00. The Hall–Kier alpha value is -0.710. The summed E-state index contributed by atoms with van der Waals surface area (Å²) in [5.74, 6) is -0.102. The number of hydrogen-bond acceptors (Lipinski definition) is 3. The van der Waals surface area contributed by atoms with E-state index in [1.807, 2.05) is 20.8 Å². The minimum absolute atomic E-state index is 0.0760. The molecule has 1 unspecified atom stereocenters. The molecular weight excluding hydrogens is 238 g/mol. The van der Waals surface area contributed by atoms with E-state index in [1.54, 1.807) is 11.8 Å². The monoisotopic (exact) mass is 259 g/mol. The van der Waals surface area contributed by atoms with Gasteiger partial charge < -0.3 is 10.4 Å². The molecule has 1 fully saturated rings. The highest BCUT2D eigenvalue weighted by Gasteiger charge is 2.34. The van der Waals surface area contributed by atoms with E-state index in [2.05, 4.69) is 5.32 Å². The zero-order valence-corrected chi connectivity index (χ0v) is 11.5. The van der Waals surface area contributed by atoms with Gasteiger partial charge in [-0.05, 0) is 24.0 Å². The summed E-state index contributed by atoms with van der Waals surface area (Å²) in [5, 5.41) is 11.7. The van der Waals surface area contributed by atoms with Crippen LogP contribution in [0.15, 0.2) is 0 Å². The summed E-state index contributed by atoms with van der Waals surface area (Å²) in [5.41, 5.74) is -0.471. The van der Waals surface area contributed by atoms with Gasteiger partial charge >= 0.3 is 5.97 Å². The fourth-order valence-electron chi connectivity index (χ4n) is 1.83. The average Bonchev–Trinajstić information content (AvgIpc) is 2.24. The number of nitrogens with one attached hydrogen (secondary N) is 1. The Balaban J connectivity index is 2.60. The summed E-state index contributed by atoms with van der Waals surface area (Å²) in [6, 6.07) is -0.822. The van der Waals surface area contributed by atoms with Crippen LogP contribution in [0.2, 0.25) is 0 Å². The standard InChI is InChI=1S/C12H21NO3S/c1-12(2,3)9(11(15)16)13-10(14)8-6-4-5-7-17-8/h8-9H,4-7H2,1-3H3,(H,13,14)(H,15,16)/t8?,9-/m1/s1. The summed E-state index contributed by atoms with van der Waals surface area (Å²) < 4.78 is 0. The SMILES string of the molecule is CC(C)(C)[C@H](NC(=O)C1CCCCS1)C(=O)O. The van der Waals surface area contributed by atoms with Crippen molar-refractivity contribution in [3.8, 4) is 0 Å². The number of amides is 1. The quantitative estimate of drug-likeness (QED) is 0.812. The maximum atomic E-state index is 12.0. The maximum Gasteiger partial charge on any atom is 0.326 e. The van der Waals surface area contributed by atoms with E-state index in [1.165, 1.54) is 0 Å². The van der Waals surface area contributed by atoms with Gasteiger partial charge in [0.1, 0.15) is 6.04 Å². The van der Waals surface area contributed by atoms with Gasteiger partial charge in [-0.15, -0.1) is 11.8 Å². The van der Waals surface area contributed by atoms with Crippen LogP contribution in [0.1, 0.15) is 40.0 Å². The second-order valence-electron chi connectivity index (χ2n) is 5.50. The predicted molar refractivity (Wildman–Crippen MR) is 69.1 cm³/mol. The molecule has 0 bridgehead atoms. The van der Waals surface area contributed by atoms with Crippen LogP contribution in [-0.2, 0) is 9.59 Å². The summed E-state index contributed by atoms with van der Waals surface area (Å²) in [4.78, 5) is 23.1. The van der Waals surface area contributed by atoms with E-state index in [-0.39, 0.29) is 11.2 Å². The zero-order chi connectivity index (χ0) is 13.1. The molecule has 0 aromatic heterocycles. The second-order valence-corrected chi connectivity index (χ2v) is 6.81. The third kappa shape index (κ3) is 4.22. The van der Waals surface area contributed by atoms with E-state index >= 15 is 0 Å². The molecule has 0 radical (unpaired) electrons. The first-order chi connectivity index (χ1) is 7.82. The highest BCUT2D eigenvalue weighted by Crippen LogP contribution is 2.26. The zero-order valence-electron chi connectivity index (χ0n) is 10.7. The number of carbonyl (C=O) groups is 2. The van der Waals surface area contributed by atoms with Crippen LogP contribution in [0.4, 0.5) is 0 Å². The van der Waals surface area contributed by atoms with Gasteiger partial charge in [-0.25, -0.2) is 4.79 Å². The van der Waals surface area contributed by atoms with E-state index in [4.69, 9.17) is 5.11 Å². The number of aliphatic carboxylic acids is 1. The van der Waals surface area contributed by atoms with Gasteiger partial charge in [0.2, 0.25) is 5.91 Å². The van der Waals surface area contributed by atoms with Crippen molar-refractivity contribution in [1.82, 2.24) is 5.32 Å². The molecule has 1 amide bonds. The molecule has 1 aliphatic rings. The summed E-state index contributed by atoms with van der Waals surface area (Å²) in [7, 11) is 0. The first-order valence-electron chi connectivity index (χ1n) is 5.97. The molecule has 4 nitrogen and oxygen atoms in total. The molecule has 1 heterocycles. The van der Waals surface area contributed by atoms with E-state index in [9.17, 15) is 9.59 Å². The van der Waals surface area contributed by atoms with Crippen molar-refractivity contribution < 1.29 is 14.7 Å². The molecule has 0 spiro atoms. The van der Waals surface area contributed by atoms with Gasteiger partial charge in [0.15, 0.2) is 0 Å². The Kier molecular flexibility index (Phi) is 4.86. The van der Waals surface area contributed by atoms with Crippen LogP contribution >= 0.6 is 11.8 Å². The molecule has 1 rings (SSSR count). The molecule has 0 saturated carbocycles. The Morgan fingerprint density at radius 1 is 1.35 bits per heavy atom. The van der Waals surface area contributed by atoms with E-state index in [0.29, 0.717) is 0 Å². The number of carboxylic acids is 1. The summed E-state index contributed by atoms with van der Waals surface area (Å²) in [6.07, 6.45) is 3.06. The lowest BCUT2D eigenvalue weighted by atomic mass is 9.86. The van der Waals surface area contributed by atoms with Crippen molar-refractivity contribution in [2.75, 3.05) is 5.75 Å². The molecule has 0 aliphatic carbocycles. The molecule has 98 valence electrons. The van der Waals surface area contributed by atoms with Crippen LogP contribution in [0.5, 0.6) is 0 Å². The molecule has 1 saturated heterocycles. The minimum atomic E-state index is -0.966. The maximum absolute atomic E-state index is 12.0. The third-order valence-electron chi connectivity index (χ3n) is 2.87. The van der Waals surface area contributed by atoms with Crippen molar-refractivity contribution in [3.05, 3.63) is 0 Å². The Morgan fingerprint density at radius 3 is 2.41 bits per heavy atom. The van der Waals surface area contributed by atoms with Gasteiger partial charge in [-0.3, -0.25) is 4.79 Å². The minimum Gasteiger partial charge on any atom is -0.480 e. The molecular formula is C12H21NO3S. The van der Waals surface area contributed by atoms with Crippen LogP contribution in [0.25, 0.3) is 0 Å².